The fourth-order valence-electron chi connectivity index (χ4n) is 1.06. The summed E-state index contributed by atoms with van der Waals surface area (Å²) in [7, 11) is 0. The van der Waals surface area contributed by atoms with E-state index >= 15 is 0 Å². The molecule has 0 saturated heterocycles. The highest BCUT2D eigenvalue weighted by Crippen LogP contribution is 2.28. The average Bonchev–Trinajstić information content (AvgIpc) is 2.62. The number of thioether (sulfide) groups is 1. The third-order valence-corrected chi connectivity index (χ3v) is 4.49. The quantitative estimate of drug-likeness (QED) is 0.280. The minimum Gasteiger partial charge on any atom is -0.409 e. The molecule has 16 heavy (non-hydrogen) atoms. The van der Waals surface area contributed by atoms with Crippen LogP contribution in [0.25, 0.3) is 0 Å². The van der Waals surface area contributed by atoms with Crippen molar-refractivity contribution in [3.8, 4) is 0 Å². The lowest BCUT2D eigenvalue weighted by Gasteiger charge is -2.21. The van der Waals surface area contributed by atoms with Gasteiger partial charge in [-0.25, -0.2) is 4.98 Å². The second-order valence-corrected chi connectivity index (χ2v) is 6.42. The minimum absolute atomic E-state index is 0.270. The highest BCUT2D eigenvalue weighted by molar-refractivity contribution is 8.01. The molecular weight excluding hydrogens is 242 g/mol. The molecule has 3 N–H and O–H groups in total. The van der Waals surface area contributed by atoms with E-state index in [2.05, 4.69) is 10.1 Å². The summed E-state index contributed by atoms with van der Waals surface area (Å²) in [6.07, 6.45) is 0.853. The van der Waals surface area contributed by atoms with Gasteiger partial charge in [0.1, 0.15) is 10.2 Å². The van der Waals surface area contributed by atoms with E-state index in [9.17, 15) is 0 Å². The van der Waals surface area contributed by atoms with E-state index in [0.29, 0.717) is 0 Å². The molecule has 0 fully saturated rings. The van der Waals surface area contributed by atoms with Crippen LogP contribution in [0.4, 0.5) is 0 Å². The molecule has 1 aromatic rings. The molecule has 4 nitrogen and oxygen atoms in total. The summed E-state index contributed by atoms with van der Waals surface area (Å²) in [5, 5.41) is 13.7. The van der Waals surface area contributed by atoms with E-state index in [-0.39, 0.29) is 11.3 Å². The Morgan fingerprint density at radius 1 is 1.69 bits per heavy atom. The van der Waals surface area contributed by atoms with Gasteiger partial charge in [0.25, 0.3) is 0 Å². The Hall–Kier alpha value is -0.750. The number of hydrogen-bond acceptors (Lipinski definition) is 5. The van der Waals surface area contributed by atoms with Crippen LogP contribution >= 0.6 is 23.1 Å². The van der Waals surface area contributed by atoms with Crippen LogP contribution in [-0.4, -0.2) is 21.8 Å². The molecule has 0 aliphatic rings. The zero-order valence-electron chi connectivity index (χ0n) is 9.73. The van der Waals surface area contributed by atoms with Crippen LogP contribution in [0.3, 0.4) is 0 Å². The van der Waals surface area contributed by atoms with Crippen molar-refractivity contribution in [2.75, 3.05) is 5.75 Å². The maximum absolute atomic E-state index is 8.64. The topological polar surface area (TPSA) is 71.5 Å². The zero-order valence-corrected chi connectivity index (χ0v) is 11.4. The highest BCUT2D eigenvalue weighted by atomic mass is 32.2. The van der Waals surface area contributed by atoms with Crippen LogP contribution in [-0.2, 0) is 0 Å². The van der Waals surface area contributed by atoms with Crippen LogP contribution in [0.5, 0.6) is 0 Å². The highest BCUT2D eigenvalue weighted by Gasteiger charge is 2.23. The molecule has 0 radical (unpaired) electrons. The van der Waals surface area contributed by atoms with Crippen molar-refractivity contribution in [2.45, 2.75) is 31.5 Å². The summed E-state index contributed by atoms with van der Waals surface area (Å²) in [5.41, 5.74) is 6.40. The van der Waals surface area contributed by atoms with Crippen LogP contribution in [0.1, 0.15) is 26.0 Å². The lowest BCUT2D eigenvalue weighted by molar-refractivity contribution is 0.307. The van der Waals surface area contributed by atoms with Crippen LogP contribution < -0.4 is 5.73 Å². The number of thiazole rings is 1. The molecule has 0 bridgehead atoms. The number of aromatic nitrogens is 1. The largest absolute Gasteiger partial charge is 0.409 e. The number of amidine groups is 1. The van der Waals surface area contributed by atoms with E-state index in [1.807, 2.05) is 26.2 Å². The summed E-state index contributed by atoms with van der Waals surface area (Å²) in [4.78, 5) is 4.37. The Morgan fingerprint density at radius 3 is 2.88 bits per heavy atom. The summed E-state index contributed by atoms with van der Waals surface area (Å²) >= 11 is 3.37. The molecule has 0 spiro atoms. The van der Waals surface area contributed by atoms with Crippen molar-refractivity contribution < 1.29 is 5.21 Å². The summed E-state index contributed by atoms with van der Waals surface area (Å²) in [6.45, 7) is 5.92. The molecule has 0 aliphatic carbocycles. The third-order valence-electron chi connectivity index (χ3n) is 2.35. The Bertz CT molecular complexity index is 374. The predicted molar refractivity (Wildman–Crippen MR) is 69.4 cm³/mol. The van der Waals surface area contributed by atoms with Crippen molar-refractivity contribution in [3.63, 3.8) is 0 Å². The van der Waals surface area contributed by atoms with E-state index in [0.717, 1.165) is 22.2 Å². The van der Waals surface area contributed by atoms with Gasteiger partial charge in [-0.3, -0.25) is 0 Å². The molecule has 0 aliphatic heterocycles. The van der Waals surface area contributed by atoms with Crippen molar-refractivity contribution in [1.29, 1.82) is 0 Å². The normalized spacial score (nSPS) is 13.1. The van der Waals surface area contributed by atoms with Gasteiger partial charge in [-0.15, -0.1) is 11.3 Å². The Balaban J connectivity index is 2.41. The molecule has 0 unspecified atom stereocenters. The second-order valence-electron chi connectivity index (χ2n) is 4.22. The molecule has 0 saturated carbocycles. The van der Waals surface area contributed by atoms with Crippen molar-refractivity contribution >= 4 is 28.9 Å². The Labute approximate surface area is 104 Å². The average molecular weight is 259 g/mol. The van der Waals surface area contributed by atoms with Gasteiger partial charge in [-0.2, -0.15) is 0 Å². The minimum atomic E-state index is -0.270. The number of hydrogen-bond donors (Lipinski definition) is 2. The molecule has 0 atom stereocenters. The molecule has 0 amide bonds. The van der Waals surface area contributed by atoms with Crippen molar-refractivity contribution in [1.82, 2.24) is 4.98 Å². The molecule has 1 heterocycles. The summed E-state index contributed by atoms with van der Waals surface area (Å²) in [5.74, 6) is 1.19. The predicted octanol–water partition coefficient (Wildman–Crippen LogP) is 2.71. The van der Waals surface area contributed by atoms with Crippen molar-refractivity contribution in [3.05, 3.63) is 11.1 Å². The Kier molecular flexibility index (Phi) is 4.61. The first kappa shape index (κ1) is 13.3. The second kappa shape index (κ2) is 5.54. The van der Waals surface area contributed by atoms with Gasteiger partial charge in [0.15, 0.2) is 0 Å². The van der Waals surface area contributed by atoms with E-state index in [1.165, 1.54) is 0 Å². The van der Waals surface area contributed by atoms with Gasteiger partial charge in [0.05, 0.1) is 0 Å². The fraction of sp³-hybridized carbons (Fsp3) is 0.600. The van der Waals surface area contributed by atoms with Gasteiger partial charge < -0.3 is 10.9 Å². The first-order chi connectivity index (χ1) is 7.45. The number of aryl methyl sites for hydroxylation is 1. The summed E-state index contributed by atoms with van der Waals surface area (Å²) < 4.78 is 1.08. The number of oxime groups is 1. The third kappa shape index (κ3) is 3.68. The smallest absolute Gasteiger partial charge is 0.150 e. The lowest BCUT2D eigenvalue weighted by atomic mass is 9.89. The van der Waals surface area contributed by atoms with Gasteiger partial charge in [-0.1, -0.05) is 30.8 Å². The van der Waals surface area contributed by atoms with Gasteiger partial charge in [0, 0.05) is 22.2 Å². The molecule has 90 valence electrons. The monoisotopic (exact) mass is 259 g/mol. The Morgan fingerprint density at radius 2 is 2.38 bits per heavy atom. The molecule has 0 aromatic carbocycles. The van der Waals surface area contributed by atoms with E-state index in [1.54, 1.807) is 23.1 Å². The molecule has 1 aromatic heterocycles. The van der Waals surface area contributed by atoms with Crippen LogP contribution in [0.15, 0.2) is 14.9 Å². The zero-order chi connectivity index (χ0) is 12.2. The summed E-state index contributed by atoms with van der Waals surface area (Å²) in [6, 6.07) is 0. The lowest BCUT2D eigenvalue weighted by Crippen LogP contribution is -2.32. The van der Waals surface area contributed by atoms with E-state index in [4.69, 9.17) is 10.9 Å². The first-order valence-electron chi connectivity index (χ1n) is 4.98. The van der Waals surface area contributed by atoms with Gasteiger partial charge >= 0.3 is 0 Å². The first-order valence-corrected chi connectivity index (χ1v) is 6.85. The van der Waals surface area contributed by atoms with Crippen LogP contribution in [0, 0.1) is 12.3 Å². The molecule has 6 heteroatoms. The van der Waals surface area contributed by atoms with Crippen LogP contribution in [0.2, 0.25) is 0 Å². The fourth-order valence-corrected chi connectivity index (χ4v) is 3.24. The number of rotatable bonds is 5. The molecule has 1 rings (SSSR count). The number of nitrogens with zero attached hydrogens (tertiary/aromatic N) is 2. The van der Waals surface area contributed by atoms with E-state index < -0.39 is 0 Å². The standard InChI is InChI=1S/C10H17N3OS2/c1-7-6-16-9(12-7)15-5-4-10(2,3)8(11)13-14/h6,14H,4-5H2,1-3H3,(H2,11,13). The molecular formula is C10H17N3OS2. The van der Waals surface area contributed by atoms with Gasteiger partial charge in [-0.05, 0) is 13.3 Å². The number of nitrogens with two attached hydrogens (primary N) is 1. The SMILES string of the molecule is Cc1csc(SCCC(C)(C)C(N)=NO)n1. The maximum Gasteiger partial charge on any atom is 0.150 e. The van der Waals surface area contributed by atoms with Gasteiger partial charge in [0.2, 0.25) is 0 Å². The van der Waals surface area contributed by atoms with Crippen molar-refractivity contribution in [2.24, 2.45) is 16.3 Å². The maximum atomic E-state index is 8.64.